The molecule has 0 saturated carbocycles. The first-order valence-corrected chi connectivity index (χ1v) is 5.26. The lowest BCUT2D eigenvalue weighted by atomic mass is 10.3. The number of anilines is 1. The summed E-state index contributed by atoms with van der Waals surface area (Å²) in [4.78, 5) is 22.0. The lowest BCUT2D eigenvalue weighted by Gasteiger charge is -2.07. The van der Waals surface area contributed by atoms with Crippen LogP contribution < -0.4 is 15.4 Å². The molecule has 0 spiro atoms. The van der Waals surface area contributed by atoms with Gasteiger partial charge in [-0.2, -0.15) is 8.78 Å². The van der Waals surface area contributed by atoms with Gasteiger partial charge in [-0.05, 0) is 24.3 Å². The molecule has 1 aromatic carbocycles. The number of alkyl halides is 3. The van der Waals surface area contributed by atoms with Gasteiger partial charge in [0.1, 0.15) is 11.6 Å². The fourth-order valence-electron chi connectivity index (χ4n) is 1.04. The van der Waals surface area contributed by atoms with E-state index in [2.05, 4.69) is 10.1 Å². The Kier molecular flexibility index (Phi) is 5.31. The van der Waals surface area contributed by atoms with Crippen molar-refractivity contribution in [2.75, 3.05) is 11.2 Å². The number of carbonyl (C=O) groups is 2. The molecule has 8 heteroatoms. The largest absolute Gasteiger partial charge is 0.435 e. The first-order chi connectivity index (χ1) is 8.51. The number of benzene rings is 1. The molecule has 0 bridgehead atoms. The van der Waals surface area contributed by atoms with E-state index in [1.807, 2.05) is 5.32 Å². The normalized spacial score (nSPS) is 10.0. The first-order valence-electron chi connectivity index (χ1n) is 4.73. The van der Waals surface area contributed by atoms with Gasteiger partial charge in [0.05, 0.1) is 0 Å². The van der Waals surface area contributed by atoms with Crippen molar-refractivity contribution in [3.63, 3.8) is 0 Å². The fraction of sp³-hybridized carbons (Fsp3) is 0.200. The third kappa shape index (κ3) is 4.96. The summed E-state index contributed by atoms with van der Waals surface area (Å²) in [5.74, 6) is -1.02. The zero-order valence-electron chi connectivity index (χ0n) is 8.95. The van der Waals surface area contributed by atoms with E-state index in [1.165, 1.54) is 24.3 Å². The van der Waals surface area contributed by atoms with Gasteiger partial charge in [-0.15, -0.1) is 11.6 Å². The van der Waals surface area contributed by atoms with Crippen LogP contribution in [-0.2, 0) is 4.79 Å². The Labute approximate surface area is 106 Å². The number of hydrogen-bond donors (Lipinski definition) is 2. The minimum Gasteiger partial charge on any atom is -0.435 e. The zero-order valence-corrected chi connectivity index (χ0v) is 9.71. The van der Waals surface area contributed by atoms with Crippen molar-refractivity contribution in [1.29, 1.82) is 0 Å². The Morgan fingerprint density at radius 3 is 2.39 bits per heavy atom. The first kappa shape index (κ1) is 14.2. The van der Waals surface area contributed by atoms with E-state index in [-0.39, 0.29) is 11.6 Å². The highest BCUT2D eigenvalue weighted by molar-refractivity contribution is 6.28. The minimum absolute atomic E-state index is 0.0345. The number of hydrogen-bond acceptors (Lipinski definition) is 3. The SMILES string of the molecule is O=C(CCl)NC(=O)Nc1ccc(OC(F)F)cc1. The van der Waals surface area contributed by atoms with Crippen LogP contribution in [0.5, 0.6) is 5.75 Å². The van der Waals surface area contributed by atoms with Crippen molar-refractivity contribution < 1.29 is 23.1 Å². The topological polar surface area (TPSA) is 67.4 Å². The van der Waals surface area contributed by atoms with E-state index in [4.69, 9.17) is 11.6 Å². The summed E-state index contributed by atoms with van der Waals surface area (Å²) in [6.45, 7) is -2.91. The van der Waals surface area contributed by atoms with Crippen LogP contribution in [0.4, 0.5) is 19.3 Å². The second-order valence-corrected chi connectivity index (χ2v) is 3.31. The van der Waals surface area contributed by atoms with E-state index in [9.17, 15) is 18.4 Å². The maximum Gasteiger partial charge on any atom is 0.387 e. The molecule has 0 saturated heterocycles. The molecule has 1 rings (SSSR count). The van der Waals surface area contributed by atoms with E-state index in [1.54, 1.807) is 0 Å². The molecule has 98 valence electrons. The van der Waals surface area contributed by atoms with E-state index < -0.39 is 18.5 Å². The summed E-state index contributed by atoms with van der Waals surface area (Å²) in [5.41, 5.74) is 0.316. The van der Waals surface area contributed by atoms with Crippen molar-refractivity contribution in [2.24, 2.45) is 0 Å². The van der Waals surface area contributed by atoms with Gasteiger partial charge in [-0.25, -0.2) is 4.79 Å². The summed E-state index contributed by atoms with van der Waals surface area (Å²) in [7, 11) is 0. The summed E-state index contributed by atoms with van der Waals surface area (Å²) in [6.07, 6.45) is 0. The fourth-order valence-corrected chi connectivity index (χ4v) is 1.11. The van der Waals surface area contributed by atoms with Crippen LogP contribution in [0.2, 0.25) is 0 Å². The van der Waals surface area contributed by atoms with Crippen molar-refractivity contribution in [1.82, 2.24) is 5.32 Å². The molecule has 0 heterocycles. The Balaban J connectivity index is 2.53. The number of halogens is 3. The molecule has 0 radical (unpaired) electrons. The van der Waals surface area contributed by atoms with Gasteiger partial charge in [0.15, 0.2) is 0 Å². The monoisotopic (exact) mass is 278 g/mol. The quantitative estimate of drug-likeness (QED) is 0.830. The number of carbonyl (C=O) groups excluding carboxylic acids is 2. The summed E-state index contributed by atoms with van der Waals surface area (Å²) >= 11 is 5.19. The number of urea groups is 1. The van der Waals surface area contributed by atoms with Crippen LogP contribution in [0.1, 0.15) is 0 Å². The van der Waals surface area contributed by atoms with Crippen LogP contribution in [-0.4, -0.2) is 24.4 Å². The molecule has 18 heavy (non-hydrogen) atoms. The molecule has 1 aromatic rings. The number of imide groups is 1. The summed E-state index contributed by atoms with van der Waals surface area (Å²) in [6, 6.07) is 4.45. The summed E-state index contributed by atoms with van der Waals surface area (Å²) < 4.78 is 27.8. The standard InChI is InChI=1S/C10H9ClF2N2O3/c11-5-8(16)15-10(17)14-6-1-3-7(4-2-6)18-9(12)13/h1-4,9H,5H2,(H2,14,15,16,17). The van der Waals surface area contributed by atoms with Gasteiger partial charge in [0.2, 0.25) is 5.91 Å². The molecule has 5 nitrogen and oxygen atoms in total. The molecule has 0 fully saturated rings. The summed E-state index contributed by atoms with van der Waals surface area (Å²) in [5, 5.41) is 4.27. The maximum absolute atomic E-state index is 11.9. The van der Waals surface area contributed by atoms with Crippen molar-refractivity contribution in [3.8, 4) is 5.75 Å². The van der Waals surface area contributed by atoms with Gasteiger partial charge >= 0.3 is 12.6 Å². The average Bonchev–Trinajstić information content (AvgIpc) is 2.30. The predicted molar refractivity (Wildman–Crippen MR) is 61.0 cm³/mol. The number of nitrogens with one attached hydrogen (secondary N) is 2. The third-order valence-electron chi connectivity index (χ3n) is 1.71. The van der Waals surface area contributed by atoms with E-state index >= 15 is 0 Å². The Morgan fingerprint density at radius 1 is 1.28 bits per heavy atom. The van der Waals surface area contributed by atoms with E-state index in [0.29, 0.717) is 5.69 Å². The Hall–Kier alpha value is -1.89. The van der Waals surface area contributed by atoms with Crippen molar-refractivity contribution in [3.05, 3.63) is 24.3 Å². The molecule has 0 aromatic heterocycles. The smallest absolute Gasteiger partial charge is 0.387 e. The molecular formula is C10H9ClF2N2O3. The molecule has 0 unspecified atom stereocenters. The minimum atomic E-state index is -2.91. The van der Waals surface area contributed by atoms with Gasteiger partial charge < -0.3 is 10.1 Å². The van der Waals surface area contributed by atoms with Crippen LogP contribution in [0.3, 0.4) is 0 Å². The Bertz CT molecular complexity index is 426. The second-order valence-electron chi connectivity index (χ2n) is 3.04. The van der Waals surface area contributed by atoms with Crippen LogP contribution in [0, 0.1) is 0 Å². The maximum atomic E-state index is 11.9. The van der Waals surface area contributed by atoms with Crippen LogP contribution >= 0.6 is 11.6 Å². The predicted octanol–water partition coefficient (Wildman–Crippen LogP) is 2.17. The van der Waals surface area contributed by atoms with Gasteiger partial charge in [0.25, 0.3) is 0 Å². The highest BCUT2D eigenvalue weighted by Crippen LogP contribution is 2.17. The van der Waals surface area contributed by atoms with Crippen LogP contribution in [0.25, 0.3) is 0 Å². The van der Waals surface area contributed by atoms with Crippen molar-refractivity contribution in [2.45, 2.75) is 6.61 Å². The molecule has 0 aliphatic rings. The van der Waals surface area contributed by atoms with Gasteiger partial charge in [-0.1, -0.05) is 0 Å². The van der Waals surface area contributed by atoms with E-state index in [0.717, 1.165) is 0 Å². The molecule has 0 aliphatic heterocycles. The lowest BCUT2D eigenvalue weighted by molar-refractivity contribution is -0.117. The molecule has 3 amide bonds. The van der Waals surface area contributed by atoms with Gasteiger partial charge in [-0.3, -0.25) is 10.1 Å². The van der Waals surface area contributed by atoms with Gasteiger partial charge in [0, 0.05) is 5.69 Å². The lowest BCUT2D eigenvalue weighted by Crippen LogP contribution is -2.35. The number of amides is 3. The third-order valence-corrected chi connectivity index (χ3v) is 1.95. The average molecular weight is 279 g/mol. The van der Waals surface area contributed by atoms with Crippen LogP contribution in [0.15, 0.2) is 24.3 Å². The molecular weight excluding hydrogens is 270 g/mol. The molecule has 2 N–H and O–H groups in total. The Morgan fingerprint density at radius 2 is 1.89 bits per heavy atom. The molecule has 0 aliphatic carbocycles. The second kappa shape index (κ2) is 6.75. The zero-order chi connectivity index (χ0) is 13.5. The van der Waals surface area contributed by atoms with Crippen molar-refractivity contribution >= 4 is 29.2 Å². The highest BCUT2D eigenvalue weighted by Gasteiger charge is 2.07. The highest BCUT2D eigenvalue weighted by atomic mass is 35.5. The number of rotatable bonds is 4. The molecule has 0 atom stereocenters. The number of ether oxygens (including phenoxy) is 1.